The number of aromatic nitrogens is 2. The van der Waals surface area contributed by atoms with Crippen molar-refractivity contribution in [2.45, 2.75) is 30.0 Å². The van der Waals surface area contributed by atoms with Crippen LogP contribution in [0.15, 0.2) is 59.9 Å². The first-order valence-corrected chi connectivity index (χ1v) is 11.4. The number of halogens is 5. The highest BCUT2D eigenvalue weighted by Gasteiger charge is 2.31. The van der Waals surface area contributed by atoms with Crippen LogP contribution >= 0.6 is 23.5 Å². The first-order chi connectivity index (χ1) is 15.8. The zero-order chi connectivity index (χ0) is 23.4. The van der Waals surface area contributed by atoms with Crippen molar-refractivity contribution in [2.24, 2.45) is 0 Å². The molecule has 2 aromatic carbocycles. The molecule has 0 spiro atoms. The summed E-state index contributed by atoms with van der Waals surface area (Å²) in [4.78, 5) is 10.1. The third kappa shape index (κ3) is 6.00. The summed E-state index contributed by atoms with van der Waals surface area (Å²) < 4.78 is 56.5. The van der Waals surface area contributed by atoms with Gasteiger partial charge in [0.2, 0.25) is 0 Å². The molecule has 0 saturated carbocycles. The molecule has 33 heavy (non-hydrogen) atoms. The highest BCUT2D eigenvalue weighted by atomic mass is 35.5. The highest BCUT2D eigenvalue weighted by Crippen LogP contribution is 2.34. The van der Waals surface area contributed by atoms with Crippen molar-refractivity contribution in [3.8, 4) is 0 Å². The maximum atomic E-state index is 14.6. The summed E-state index contributed by atoms with van der Waals surface area (Å²) in [6.07, 6.45) is -0.0480. The molecule has 0 amide bonds. The van der Waals surface area contributed by atoms with Crippen molar-refractivity contribution in [3.05, 3.63) is 71.4 Å². The van der Waals surface area contributed by atoms with Gasteiger partial charge in [0.1, 0.15) is 18.0 Å². The number of nitrogens with zero attached hydrogens (tertiary/aromatic N) is 3. The van der Waals surface area contributed by atoms with Gasteiger partial charge in [0.25, 0.3) is 0 Å². The molecule has 0 unspecified atom stereocenters. The van der Waals surface area contributed by atoms with Crippen LogP contribution in [0, 0.1) is 5.82 Å². The molecule has 5 nitrogen and oxygen atoms in total. The minimum atomic E-state index is -4.37. The standard InChI is InChI=1S/C22H20ClF4N5S/c23-17-11-20(33-31-21-4-7-28-13-29-21)18(24)12-19(17)30-15-5-8-32(9-6-15)16-3-1-2-14(10-16)22(25,26)27/h1-4,7,10-13,15,30H,5-6,8-9H2,(H,28,29,31). The molecule has 1 saturated heterocycles. The van der Waals surface area contributed by atoms with Gasteiger partial charge < -0.3 is 14.9 Å². The lowest BCUT2D eigenvalue weighted by molar-refractivity contribution is -0.137. The first kappa shape index (κ1) is 23.4. The van der Waals surface area contributed by atoms with Crippen molar-refractivity contribution in [2.75, 3.05) is 28.0 Å². The fraction of sp³-hybridized carbons (Fsp3) is 0.273. The summed E-state index contributed by atoms with van der Waals surface area (Å²) in [5, 5.41) is 3.65. The fourth-order valence-electron chi connectivity index (χ4n) is 3.56. The van der Waals surface area contributed by atoms with Crippen LogP contribution in [0.4, 0.5) is 34.8 Å². The molecule has 11 heteroatoms. The Kier molecular flexibility index (Phi) is 7.14. The van der Waals surface area contributed by atoms with E-state index < -0.39 is 17.6 Å². The Morgan fingerprint density at radius 3 is 2.58 bits per heavy atom. The van der Waals surface area contributed by atoms with E-state index in [0.29, 0.717) is 53.0 Å². The molecule has 0 atom stereocenters. The summed E-state index contributed by atoms with van der Waals surface area (Å²) in [6, 6.07) is 9.92. The predicted octanol–water partition coefficient (Wildman–Crippen LogP) is 6.49. The molecule has 1 aliphatic heterocycles. The van der Waals surface area contributed by atoms with E-state index in [-0.39, 0.29) is 6.04 Å². The van der Waals surface area contributed by atoms with Crippen molar-refractivity contribution in [1.29, 1.82) is 0 Å². The Hall–Kier alpha value is -2.72. The van der Waals surface area contributed by atoms with Gasteiger partial charge in [-0.05, 0) is 61.2 Å². The number of hydrogen-bond donors (Lipinski definition) is 2. The Bertz CT molecular complexity index is 1090. The number of nitrogens with one attached hydrogen (secondary N) is 2. The van der Waals surface area contributed by atoms with E-state index in [4.69, 9.17) is 11.6 Å². The normalized spacial score (nSPS) is 14.9. The largest absolute Gasteiger partial charge is 0.416 e. The maximum absolute atomic E-state index is 14.6. The van der Waals surface area contributed by atoms with Gasteiger partial charge >= 0.3 is 6.18 Å². The van der Waals surface area contributed by atoms with E-state index in [1.807, 2.05) is 4.90 Å². The zero-order valence-corrected chi connectivity index (χ0v) is 18.8. The third-order valence-electron chi connectivity index (χ3n) is 5.26. The lowest BCUT2D eigenvalue weighted by atomic mass is 10.0. The molecule has 174 valence electrons. The van der Waals surface area contributed by atoms with Gasteiger partial charge in [-0.1, -0.05) is 17.7 Å². The second-order valence-electron chi connectivity index (χ2n) is 7.51. The van der Waals surface area contributed by atoms with Crippen LogP contribution < -0.4 is 14.9 Å². The van der Waals surface area contributed by atoms with Gasteiger partial charge in [-0.2, -0.15) is 13.2 Å². The predicted molar refractivity (Wildman–Crippen MR) is 123 cm³/mol. The van der Waals surface area contributed by atoms with Gasteiger partial charge in [-0.3, -0.25) is 0 Å². The summed E-state index contributed by atoms with van der Waals surface area (Å²) in [7, 11) is 0. The second-order valence-corrected chi connectivity index (χ2v) is 8.77. The summed E-state index contributed by atoms with van der Waals surface area (Å²) in [6.45, 7) is 1.16. The Morgan fingerprint density at radius 2 is 1.88 bits per heavy atom. The average Bonchev–Trinajstić information content (AvgIpc) is 2.81. The van der Waals surface area contributed by atoms with Crippen LogP contribution in [0.1, 0.15) is 18.4 Å². The van der Waals surface area contributed by atoms with Crippen molar-refractivity contribution in [3.63, 3.8) is 0 Å². The molecule has 2 N–H and O–H groups in total. The molecular weight excluding hydrogens is 478 g/mol. The van der Waals surface area contributed by atoms with Crippen LogP contribution in [0.5, 0.6) is 0 Å². The number of rotatable bonds is 6. The summed E-state index contributed by atoms with van der Waals surface area (Å²) in [5.74, 6) is 0.107. The van der Waals surface area contributed by atoms with Crippen LogP contribution in [0.3, 0.4) is 0 Å². The lowest BCUT2D eigenvalue weighted by Crippen LogP contribution is -2.39. The van der Waals surface area contributed by atoms with E-state index in [1.165, 1.54) is 30.6 Å². The Morgan fingerprint density at radius 1 is 1.09 bits per heavy atom. The van der Waals surface area contributed by atoms with Gasteiger partial charge in [-0.25, -0.2) is 14.4 Å². The summed E-state index contributed by atoms with van der Waals surface area (Å²) >= 11 is 7.43. The molecular formula is C22H20ClF4N5S. The third-order valence-corrected chi connectivity index (χ3v) is 6.42. The molecule has 1 aromatic heterocycles. The molecule has 2 heterocycles. The molecule has 0 bridgehead atoms. The minimum absolute atomic E-state index is 0.0293. The Labute approximate surface area is 197 Å². The highest BCUT2D eigenvalue weighted by molar-refractivity contribution is 8.00. The number of hydrogen-bond acceptors (Lipinski definition) is 6. The maximum Gasteiger partial charge on any atom is 0.416 e. The molecule has 0 aliphatic carbocycles. The molecule has 0 radical (unpaired) electrons. The SMILES string of the molecule is Fc1cc(NC2CCN(c3cccc(C(F)(F)F)c3)CC2)c(Cl)cc1SNc1ccncn1. The topological polar surface area (TPSA) is 53.1 Å². The monoisotopic (exact) mass is 497 g/mol. The van der Waals surface area contributed by atoms with Gasteiger partial charge in [0, 0.05) is 31.0 Å². The van der Waals surface area contributed by atoms with Crippen LogP contribution in [-0.2, 0) is 6.18 Å². The van der Waals surface area contributed by atoms with E-state index >= 15 is 0 Å². The summed E-state index contributed by atoms with van der Waals surface area (Å²) in [5.41, 5.74) is 0.373. The zero-order valence-electron chi connectivity index (χ0n) is 17.2. The van der Waals surface area contributed by atoms with Gasteiger partial charge in [0.15, 0.2) is 0 Å². The van der Waals surface area contributed by atoms with E-state index in [9.17, 15) is 17.6 Å². The van der Waals surface area contributed by atoms with Crippen LogP contribution in [-0.4, -0.2) is 29.1 Å². The second kappa shape index (κ2) is 10.0. The molecule has 4 rings (SSSR count). The van der Waals surface area contributed by atoms with E-state index in [0.717, 1.165) is 18.0 Å². The van der Waals surface area contributed by atoms with E-state index in [1.54, 1.807) is 18.3 Å². The quantitative estimate of drug-likeness (QED) is 0.300. The van der Waals surface area contributed by atoms with Gasteiger partial charge in [0.05, 0.1) is 21.2 Å². The van der Waals surface area contributed by atoms with Crippen molar-refractivity contribution >= 4 is 40.7 Å². The van der Waals surface area contributed by atoms with Crippen molar-refractivity contribution in [1.82, 2.24) is 9.97 Å². The molecule has 1 aliphatic rings. The fourth-order valence-corrected chi connectivity index (χ4v) is 4.51. The lowest BCUT2D eigenvalue weighted by Gasteiger charge is -2.34. The van der Waals surface area contributed by atoms with E-state index in [2.05, 4.69) is 20.0 Å². The number of anilines is 3. The first-order valence-electron chi connectivity index (χ1n) is 10.2. The molecule has 1 fully saturated rings. The Balaban J connectivity index is 1.35. The van der Waals surface area contributed by atoms with Gasteiger partial charge in [-0.15, -0.1) is 0 Å². The van der Waals surface area contributed by atoms with Crippen LogP contribution in [0.2, 0.25) is 5.02 Å². The average molecular weight is 498 g/mol. The van der Waals surface area contributed by atoms with Crippen molar-refractivity contribution < 1.29 is 17.6 Å². The number of alkyl halides is 3. The van der Waals surface area contributed by atoms with Crippen LogP contribution in [0.25, 0.3) is 0 Å². The number of piperidine rings is 1. The smallest absolute Gasteiger partial charge is 0.381 e. The number of benzene rings is 2. The molecule has 3 aromatic rings. The minimum Gasteiger partial charge on any atom is -0.381 e.